The van der Waals surface area contributed by atoms with Gasteiger partial charge in [-0.05, 0) is 18.9 Å². The average Bonchev–Trinajstić information content (AvgIpc) is 2.17. The number of nitrogens with one attached hydrogen (secondary N) is 1. The van der Waals surface area contributed by atoms with Gasteiger partial charge in [0.05, 0.1) is 0 Å². The van der Waals surface area contributed by atoms with Crippen molar-refractivity contribution in [2.75, 3.05) is 13.1 Å². The number of hydrogen-bond donors (Lipinski definition) is 2. The monoisotopic (exact) mass is 167 g/mol. The van der Waals surface area contributed by atoms with Crippen LogP contribution in [0.25, 0.3) is 0 Å². The van der Waals surface area contributed by atoms with Gasteiger partial charge < -0.3 is 4.90 Å². The van der Waals surface area contributed by atoms with Crippen molar-refractivity contribution >= 4 is 0 Å². The number of nitrogens with two attached hydrogens (primary N) is 1. The van der Waals surface area contributed by atoms with Crippen LogP contribution in [0, 0.1) is 0 Å². The molecule has 1 fully saturated rings. The van der Waals surface area contributed by atoms with Crippen LogP contribution in [-0.4, -0.2) is 24.0 Å². The fourth-order valence-corrected chi connectivity index (χ4v) is 1.46. The first-order valence-electron chi connectivity index (χ1n) is 4.30. The van der Waals surface area contributed by atoms with Gasteiger partial charge in [-0.2, -0.15) is 0 Å². The number of likely N-dealkylation sites (tertiary alicyclic amines) is 1. The molecule has 68 valence electrons. The van der Waals surface area contributed by atoms with Gasteiger partial charge in [0.25, 0.3) is 0 Å². The van der Waals surface area contributed by atoms with Crippen molar-refractivity contribution in [2.24, 2.45) is 5.84 Å². The minimum absolute atomic E-state index is 0.471. The summed E-state index contributed by atoms with van der Waals surface area (Å²) in [5.74, 6) is 5.35. The highest BCUT2D eigenvalue weighted by Gasteiger charge is 2.17. The third-order valence-corrected chi connectivity index (χ3v) is 2.37. The van der Waals surface area contributed by atoms with E-state index in [-0.39, 0.29) is 0 Å². The Hall–Kier alpha value is -0.800. The van der Waals surface area contributed by atoms with Gasteiger partial charge in [0.2, 0.25) is 0 Å². The van der Waals surface area contributed by atoms with Gasteiger partial charge in [0.1, 0.15) is 0 Å². The van der Waals surface area contributed by atoms with Gasteiger partial charge in [-0.15, -0.1) is 0 Å². The Morgan fingerprint density at radius 2 is 2.08 bits per heavy atom. The third kappa shape index (κ3) is 2.09. The summed E-state index contributed by atoms with van der Waals surface area (Å²) < 4.78 is 0. The molecule has 12 heavy (non-hydrogen) atoms. The summed E-state index contributed by atoms with van der Waals surface area (Å²) >= 11 is 0. The molecule has 1 aliphatic heterocycles. The lowest BCUT2D eigenvalue weighted by Crippen LogP contribution is -2.44. The molecule has 3 nitrogen and oxygen atoms in total. The maximum Gasteiger partial charge on any atom is 0.0287 e. The fourth-order valence-electron chi connectivity index (χ4n) is 1.46. The zero-order valence-electron chi connectivity index (χ0n) is 7.42. The van der Waals surface area contributed by atoms with E-state index in [4.69, 9.17) is 5.84 Å². The summed E-state index contributed by atoms with van der Waals surface area (Å²) in [6.45, 7) is 9.65. The van der Waals surface area contributed by atoms with Crippen molar-refractivity contribution in [3.8, 4) is 0 Å². The van der Waals surface area contributed by atoms with E-state index >= 15 is 0 Å². The molecule has 0 aliphatic carbocycles. The number of hydrogen-bond acceptors (Lipinski definition) is 3. The van der Waals surface area contributed by atoms with E-state index in [1.165, 1.54) is 0 Å². The Morgan fingerprint density at radius 3 is 2.50 bits per heavy atom. The molecular formula is C9H17N3. The lowest BCUT2D eigenvalue weighted by molar-refractivity contribution is 0.249. The van der Waals surface area contributed by atoms with E-state index < -0.39 is 0 Å². The third-order valence-electron chi connectivity index (χ3n) is 2.37. The highest BCUT2D eigenvalue weighted by atomic mass is 15.2. The maximum absolute atomic E-state index is 5.35. The molecule has 0 aromatic rings. The molecule has 1 aliphatic rings. The standard InChI is InChI=1S/C9H17N3/c1-3-8(2)12-6-4-9(11-10)5-7-12/h3,9,11H,1-2,4-7,10H2. The van der Waals surface area contributed by atoms with Crippen molar-refractivity contribution in [3.05, 3.63) is 24.9 Å². The normalized spacial score (nSPS) is 19.2. The zero-order chi connectivity index (χ0) is 8.97. The highest BCUT2D eigenvalue weighted by Crippen LogP contribution is 2.13. The summed E-state index contributed by atoms with van der Waals surface area (Å²) in [6, 6.07) is 0.471. The Balaban J connectivity index is 2.35. The average molecular weight is 167 g/mol. The molecule has 0 radical (unpaired) electrons. The molecule has 3 N–H and O–H groups in total. The van der Waals surface area contributed by atoms with Crippen LogP contribution in [0.2, 0.25) is 0 Å². The molecule has 0 atom stereocenters. The lowest BCUT2D eigenvalue weighted by Gasteiger charge is -2.33. The van der Waals surface area contributed by atoms with Crippen LogP contribution < -0.4 is 11.3 Å². The molecule has 0 aromatic heterocycles. The summed E-state index contributed by atoms with van der Waals surface area (Å²) in [5.41, 5.74) is 3.82. The zero-order valence-corrected chi connectivity index (χ0v) is 7.42. The smallest absolute Gasteiger partial charge is 0.0287 e. The molecule has 0 amide bonds. The summed E-state index contributed by atoms with van der Waals surface area (Å²) in [5, 5.41) is 0. The second-order valence-corrected chi connectivity index (χ2v) is 3.12. The lowest BCUT2D eigenvalue weighted by atomic mass is 10.1. The predicted octanol–water partition coefficient (Wildman–Crippen LogP) is 0.614. The van der Waals surface area contributed by atoms with Gasteiger partial charge in [0, 0.05) is 24.8 Å². The van der Waals surface area contributed by atoms with Gasteiger partial charge in [0.15, 0.2) is 0 Å². The molecule has 1 heterocycles. The summed E-state index contributed by atoms with van der Waals surface area (Å²) in [7, 11) is 0. The van der Waals surface area contributed by atoms with Crippen LogP contribution in [0.15, 0.2) is 24.9 Å². The van der Waals surface area contributed by atoms with E-state index in [1.807, 2.05) is 0 Å². The van der Waals surface area contributed by atoms with Crippen molar-refractivity contribution in [1.29, 1.82) is 0 Å². The van der Waals surface area contributed by atoms with E-state index in [0.717, 1.165) is 31.6 Å². The van der Waals surface area contributed by atoms with Crippen LogP contribution in [-0.2, 0) is 0 Å². The molecular weight excluding hydrogens is 150 g/mol. The number of hydrazine groups is 1. The Kier molecular flexibility index (Phi) is 3.31. The van der Waals surface area contributed by atoms with E-state index in [0.29, 0.717) is 6.04 Å². The first-order valence-corrected chi connectivity index (χ1v) is 4.30. The van der Waals surface area contributed by atoms with Crippen LogP contribution in [0.3, 0.4) is 0 Å². The SMILES string of the molecule is C=CC(=C)N1CCC(NN)CC1. The first kappa shape index (κ1) is 9.29. The largest absolute Gasteiger partial charge is 0.372 e. The predicted molar refractivity (Wildman–Crippen MR) is 51.3 cm³/mol. The summed E-state index contributed by atoms with van der Waals surface area (Å²) in [4.78, 5) is 2.24. The van der Waals surface area contributed by atoms with Crippen LogP contribution in [0.4, 0.5) is 0 Å². The second-order valence-electron chi connectivity index (χ2n) is 3.12. The summed E-state index contributed by atoms with van der Waals surface area (Å²) in [6.07, 6.45) is 3.98. The van der Waals surface area contributed by atoms with Gasteiger partial charge in [-0.3, -0.25) is 11.3 Å². The second kappa shape index (κ2) is 4.28. The number of rotatable bonds is 3. The fraction of sp³-hybridized carbons (Fsp3) is 0.556. The molecule has 0 spiro atoms. The maximum atomic E-state index is 5.35. The molecule has 0 saturated carbocycles. The van der Waals surface area contributed by atoms with Crippen LogP contribution >= 0.6 is 0 Å². The van der Waals surface area contributed by atoms with Crippen LogP contribution in [0.5, 0.6) is 0 Å². The van der Waals surface area contributed by atoms with Gasteiger partial charge in [-0.25, -0.2) is 0 Å². The number of piperidine rings is 1. The molecule has 0 aromatic carbocycles. The number of nitrogens with zero attached hydrogens (tertiary/aromatic N) is 1. The Bertz CT molecular complexity index is 169. The van der Waals surface area contributed by atoms with Crippen molar-refractivity contribution < 1.29 is 0 Å². The molecule has 0 unspecified atom stereocenters. The van der Waals surface area contributed by atoms with Gasteiger partial charge in [-0.1, -0.05) is 13.2 Å². The molecule has 1 rings (SSSR count). The minimum atomic E-state index is 0.471. The van der Waals surface area contributed by atoms with E-state index in [9.17, 15) is 0 Å². The van der Waals surface area contributed by atoms with Gasteiger partial charge >= 0.3 is 0 Å². The Labute approximate surface area is 73.9 Å². The first-order chi connectivity index (χ1) is 5.77. The van der Waals surface area contributed by atoms with Crippen molar-refractivity contribution in [2.45, 2.75) is 18.9 Å². The molecule has 3 heteroatoms. The van der Waals surface area contributed by atoms with E-state index in [2.05, 4.69) is 23.5 Å². The minimum Gasteiger partial charge on any atom is -0.372 e. The highest BCUT2D eigenvalue weighted by molar-refractivity contribution is 5.10. The van der Waals surface area contributed by atoms with Crippen molar-refractivity contribution in [1.82, 2.24) is 10.3 Å². The van der Waals surface area contributed by atoms with E-state index in [1.54, 1.807) is 6.08 Å². The van der Waals surface area contributed by atoms with Crippen LogP contribution in [0.1, 0.15) is 12.8 Å². The topological polar surface area (TPSA) is 41.3 Å². The molecule has 1 saturated heterocycles. The quantitative estimate of drug-likeness (QED) is 0.368. The number of allylic oxidation sites excluding steroid dienone is 1. The van der Waals surface area contributed by atoms with Crippen molar-refractivity contribution in [3.63, 3.8) is 0 Å². The Morgan fingerprint density at radius 1 is 1.50 bits per heavy atom. The molecule has 0 bridgehead atoms.